The minimum absolute atomic E-state index is 0.0322. The Hall–Kier alpha value is -1.84. The molecule has 0 radical (unpaired) electrons. The fourth-order valence-corrected chi connectivity index (χ4v) is 2.92. The van der Waals surface area contributed by atoms with Crippen LogP contribution in [0.15, 0.2) is 24.3 Å². The maximum Gasteiger partial charge on any atom is 0.254 e. The SMILES string of the molecule is CC1CCCCN(C(=O)c2ccc(C(N)=O)cc2)C1(C)C. The van der Waals surface area contributed by atoms with Gasteiger partial charge >= 0.3 is 0 Å². The fraction of sp³-hybridized carbons (Fsp3) is 0.529. The van der Waals surface area contributed by atoms with Gasteiger partial charge in [-0.2, -0.15) is 0 Å². The summed E-state index contributed by atoms with van der Waals surface area (Å²) in [6.45, 7) is 7.27. The molecule has 2 amide bonds. The second kappa shape index (κ2) is 5.88. The zero-order valence-corrected chi connectivity index (χ0v) is 13.1. The van der Waals surface area contributed by atoms with E-state index >= 15 is 0 Å². The van der Waals surface area contributed by atoms with Gasteiger partial charge in [0.15, 0.2) is 0 Å². The van der Waals surface area contributed by atoms with Gasteiger partial charge in [-0.05, 0) is 56.9 Å². The summed E-state index contributed by atoms with van der Waals surface area (Å²) >= 11 is 0. The third-order valence-electron chi connectivity index (χ3n) is 4.83. The summed E-state index contributed by atoms with van der Waals surface area (Å²) in [5.41, 5.74) is 6.11. The molecule has 1 unspecified atom stereocenters. The molecule has 21 heavy (non-hydrogen) atoms. The molecule has 1 aromatic rings. The first-order chi connectivity index (χ1) is 9.84. The Morgan fingerprint density at radius 2 is 1.71 bits per heavy atom. The van der Waals surface area contributed by atoms with Gasteiger partial charge in [0.1, 0.15) is 0 Å². The van der Waals surface area contributed by atoms with E-state index in [0.717, 1.165) is 25.8 Å². The van der Waals surface area contributed by atoms with Gasteiger partial charge in [-0.15, -0.1) is 0 Å². The van der Waals surface area contributed by atoms with E-state index in [1.807, 2.05) is 4.90 Å². The third-order valence-corrected chi connectivity index (χ3v) is 4.83. The monoisotopic (exact) mass is 288 g/mol. The first-order valence-electron chi connectivity index (χ1n) is 7.56. The van der Waals surface area contributed by atoms with Gasteiger partial charge in [0, 0.05) is 23.2 Å². The van der Waals surface area contributed by atoms with Crippen LogP contribution in [0, 0.1) is 5.92 Å². The zero-order chi connectivity index (χ0) is 15.6. The van der Waals surface area contributed by atoms with Crippen molar-refractivity contribution in [3.05, 3.63) is 35.4 Å². The number of nitrogens with zero attached hydrogens (tertiary/aromatic N) is 1. The van der Waals surface area contributed by atoms with Crippen molar-refractivity contribution in [2.24, 2.45) is 11.7 Å². The molecule has 1 atom stereocenters. The van der Waals surface area contributed by atoms with Gasteiger partial charge in [0.2, 0.25) is 5.91 Å². The van der Waals surface area contributed by atoms with Gasteiger partial charge in [-0.3, -0.25) is 9.59 Å². The van der Waals surface area contributed by atoms with Gasteiger partial charge in [-0.25, -0.2) is 0 Å². The average molecular weight is 288 g/mol. The van der Waals surface area contributed by atoms with E-state index in [4.69, 9.17) is 5.73 Å². The van der Waals surface area contributed by atoms with Crippen LogP contribution in [0.2, 0.25) is 0 Å². The highest BCUT2D eigenvalue weighted by atomic mass is 16.2. The Bertz CT molecular complexity index is 534. The summed E-state index contributed by atoms with van der Waals surface area (Å²) in [5.74, 6) is 0.0244. The predicted molar refractivity (Wildman–Crippen MR) is 83.1 cm³/mol. The van der Waals surface area contributed by atoms with Crippen LogP contribution in [0.5, 0.6) is 0 Å². The second-order valence-corrected chi connectivity index (χ2v) is 6.45. The van der Waals surface area contributed by atoms with Gasteiger partial charge in [0.25, 0.3) is 5.91 Å². The molecule has 4 heteroatoms. The zero-order valence-electron chi connectivity index (χ0n) is 13.1. The Morgan fingerprint density at radius 3 is 2.29 bits per heavy atom. The molecule has 0 saturated carbocycles. The minimum Gasteiger partial charge on any atom is -0.366 e. The van der Waals surface area contributed by atoms with Crippen LogP contribution in [-0.4, -0.2) is 28.8 Å². The molecule has 0 aromatic heterocycles. The lowest BCUT2D eigenvalue weighted by Gasteiger charge is -2.41. The lowest BCUT2D eigenvalue weighted by Crippen LogP contribution is -2.51. The molecule has 0 spiro atoms. The van der Waals surface area contributed by atoms with Crippen molar-refractivity contribution < 1.29 is 9.59 Å². The molecule has 1 saturated heterocycles. The molecule has 114 valence electrons. The van der Waals surface area contributed by atoms with Crippen molar-refractivity contribution >= 4 is 11.8 Å². The smallest absolute Gasteiger partial charge is 0.254 e. The summed E-state index contributed by atoms with van der Waals surface area (Å²) in [4.78, 5) is 25.9. The third kappa shape index (κ3) is 3.09. The molecule has 1 heterocycles. The quantitative estimate of drug-likeness (QED) is 0.909. The molecule has 1 aliphatic rings. The van der Waals surface area contributed by atoms with Crippen LogP contribution in [0.3, 0.4) is 0 Å². The van der Waals surface area contributed by atoms with Gasteiger partial charge < -0.3 is 10.6 Å². The maximum absolute atomic E-state index is 12.8. The Kier molecular flexibility index (Phi) is 4.35. The van der Waals surface area contributed by atoms with E-state index in [1.54, 1.807) is 24.3 Å². The van der Waals surface area contributed by atoms with E-state index in [0.29, 0.717) is 17.0 Å². The highest BCUT2D eigenvalue weighted by Crippen LogP contribution is 2.33. The van der Waals surface area contributed by atoms with Gasteiger partial charge in [-0.1, -0.05) is 13.3 Å². The highest BCUT2D eigenvalue weighted by Gasteiger charge is 2.37. The number of hydrogen-bond acceptors (Lipinski definition) is 2. The normalized spacial score (nSPS) is 21.7. The van der Waals surface area contributed by atoms with E-state index in [2.05, 4.69) is 20.8 Å². The summed E-state index contributed by atoms with van der Waals surface area (Å²) in [6.07, 6.45) is 3.35. The Balaban J connectivity index is 2.27. The van der Waals surface area contributed by atoms with Crippen molar-refractivity contribution in [1.29, 1.82) is 0 Å². The molecule has 4 nitrogen and oxygen atoms in total. The van der Waals surface area contributed by atoms with E-state index < -0.39 is 5.91 Å². The molecule has 1 fully saturated rings. The fourth-order valence-electron chi connectivity index (χ4n) is 2.92. The first kappa shape index (κ1) is 15.5. The molecule has 0 bridgehead atoms. The van der Waals surface area contributed by atoms with Crippen molar-refractivity contribution in [2.45, 2.75) is 45.6 Å². The van der Waals surface area contributed by atoms with Gasteiger partial charge in [0.05, 0.1) is 0 Å². The van der Waals surface area contributed by atoms with Crippen molar-refractivity contribution in [3.63, 3.8) is 0 Å². The summed E-state index contributed by atoms with van der Waals surface area (Å²) in [7, 11) is 0. The molecule has 0 aliphatic carbocycles. The Morgan fingerprint density at radius 1 is 1.14 bits per heavy atom. The number of nitrogens with two attached hydrogens (primary N) is 1. The van der Waals surface area contributed by atoms with E-state index in [9.17, 15) is 9.59 Å². The molecule has 1 aromatic carbocycles. The number of amides is 2. The molecule has 2 rings (SSSR count). The van der Waals surface area contributed by atoms with Crippen LogP contribution in [0.25, 0.3) is 0 Å². The van der Waals surface area contributed by atoms with Crippen LogP contribution in [-0.2, 0) is 0 Å². The van der Waals surface area contributed by atoms with E-state index in [-0.39, 0.29) is 11.4 Å². The molecular weight excluding hydrogens is 264 g/mol. The second-order valence-electron chi connectivity index (χ2n) is 6.45. The van der Waals surface area contributed by atoms with Crippen molar-refractivity contribution in [1.82, 2.24) is 4.90 Å². The van der Waals surface area contributed by atoms with Crippen molar-refractivity contribution in [2.75, 3.05) is 6.54 Å². The van der Waals surface area contributed by atoms with Crippen molar-refractivity contribution in [3.8, 4) is 0 Å². The van der Waals surface area contributed by atoms with Crippen LogP contribution in [0.4, 0.5) is 0 Å². The number of hydrogen-bond donors (Lipinski definition) is 1. The predicted octanol–water partition coefficient (Wildman–Crippen LogP) is 2.83. The van der Waals surface area contributed by atoms with Crippen LogP contribution < -0.4 is 5.73 Å². The highest BCUT2D eigenvalue weighted by molar-refractivity contribution is 5.97. The minimum atomic E-state index is -0.474. The summed E-state index contributed by atoms with van der Waals surface area (Å²) in [5, 5.41) is 0. The number of benzene rings is 1. The standard InChI is InChI=1S/C17H24N2O2/c1-12-6-4-5-11-19(17(12,2)3)16(21)14-9-7-13(8-10-14)15(18)20/h7-10,12H,4-6,11H2,1-3H3,(H2,18,20). The number of carbonyl (C=O) groups is 2. The maximum atomic E-state index is 12.8. The summed E-state index contributed by atoms with van der Waals surface area (Å²) < 4.78 is 0. The van der Waals surface area contributed by atoms with Crippen LogP contribution >= 0.6 is 0 Å². The number of primary amides is 1. The van der Waals surface area contributed by atoms with Crippen LogP contribution in [0.1, 0.15) is 60.7 Å². The number of carbonyl (C=O) groups excluding carboxylic acids is 2. The summed E-state index contributed by atoms with van der Waals surface area (Å²) in [6, 6.07) is 6.61. The lowest BCUT2D eigenvalue weighted by molar-refractivity contribution is 0.0452. The molecule has 1 aliphatic heterocycles. The number of rotatable bonds is 2. The molecular formula is C17H24N2O2. The topological polar surface area (TPSA) is 63.4 Å². The first-order valence-corrected chi connectivity index (χ1v) is 7.56. The molecule has 2 N–H and O–H groups in total. The Labute approximate surface area is 126 Å². The largest absolute Gasteiger partial charge is 0.366 e. The number of likely N-dealkylation sites (tertiary alicyclic amines) is 1. The lowest BCUT2D eigenvalue weighted by atomic mass is 9.85. The average Bonchev–Trinajstić information content (AvgIpc) is 2.58. The van der Waals surface area contributed by atoms with E-state index in [1.165, 1.54) is 0 Å².